The lowest BCUT2D eigenvalue weighted by atomic mass is 10.2. The molecule has 68 valence electrons. The fourth-order valence-electron chi connectivity index (χ4n) is 1.01. The minimum atomic E-state index is 0.515. The number of aryl methyl sites for hydroxylation is 1. The van der Waals surface area contributed by atoms with E-state index in [-0.39, 0.29) is 0 Å². The topological polar surface area (TPSA) is 9.23 Å². The number of para-hydroxylation sites is 1. The first kappa shape index (κ1) is 9.95. The molecule has 1 aromatic carbocycles. The maximum absolute atomic E-state index is 5.93. The van der Waals surface area contributed by atoms with E-state index >= 15 is 0 Å². The quantitative estimate of drug-likeness (QED) is 0.531. The Morgan fingerprint density at radius 1 is 1.54 bits per heavy atom. The molecule has 0 aromatic heterocycles. The van der Waals surface area contributed by atoms with Crippen molar-refractivity contribution in [2.75, 3.05) is 6.61 Å². The Hall–Kier alpha value is -1.13. The lowest BCUT2D eigenvalue weighted by Gasteiger charge is -2.08. The second-order valence-corrected chi connectivity index (χ2v) is 3.10. The molecule has 0 aliphatic rings. The van der Waals surface area contributed by atoms with Crippen LogP contribution < -0.4 is 4.74 Å². The van der Waals surface area contributed by atoms with E-state index in [0.717, 1.165) is 11.3 Å². The fourth-order valence-corrected chi connectivity index (χ4v) is 1.29. The maximum atomic E-state index is 5.93. The van der Waals surface area contributed by atoms with Crippen LogP contribution in [-0.2, 0) is 0 Å². The minimum absolute atomic E-state index is 0.515. The van der Waals surface area contributed by atoms with Crippen LogP contribution in [0, 0.1) is 19.3 Å². The summed E-state index contributed by atoms with van der Waals surface area (Å²) in [5, 5.41) is 0.636. The Morgan fingerprint density at radius 2 is 2.31 bits per heavy atom. The van der Waals surface area contributed by atoms with E-state index < -0.39 is 0 Å². The summed E-state index contributed by atoms with van der Waals surface area (Å²) in [7, 11) is 0. The lowest BCUT2D eigenvalue weighted by molar-refractivity contribution is 0.325. The molecule has 0 atom stereocenters. The van der Waals surface area contributed by atoms with Gasteiger partial charge in [0.05, 0.1) is 11.6 Å². The molecular formula is C11H11ClO. The molecule has 1 nitrogen and oxygen atoms in total. The fraction of sp³-hybridized carbons (Fsp3) is 0.273. The van der Waals surface area contributed by atoms with E-state index in [0.29, 0.717) is 18.1 Å². The van der Waals surface area contributed by atoms with Gasteiger partial charge in [-0.1, -0.05) is 23.7 Å². The predicted molar refractivity (Wildman–Crippen MR) is 55.1 cm³/mol. The van der Waals surface area contributed by atoms with E-state index in [1.165, 1.54) is 0 Å². The molecule has 0 saturated carbocycles. The van der Waals surface area contributed by atoms with Gasteiger partial charge in [-0.25, -0.2) is 0 Å². The van der Waals surface area contributed by atoms with Gasteiger partial charge in [0.15, 0.2) is 0 Å². The summed E-state index contributed by atoms with van der Waals surface area (Å²) in [5.41, 5.74) is 1.03. The number of hydrogen-bond acceptors (Lipinski definition) is 1. The van der Waals surface area contributed by atoms with Gasteiger partial charge in [-0.05, 0) is 18.6 Å². The third-order valence-corrected chi connectivity index (χ3v) is 1.95. The lowest BCUT2D eigenvalue weighted by Crippen LogP contribution is -1.97. The number of benzene rings is 1. The van der Waals surface area contributed by atoms with Crippen molar-refractivity contribution in [3.05, 3.63) is 28.8 Å². The highest BCUT2D eigenvalue weighted by Gasteiger charge is 2.03. The van der Waals surface area contributed by atoms with Gasteiger partial charge in [-0.3, -0.25) is 0 Å². The van der Waals surface area contributed by atoms with Gasteiger partial charge < -0.3 is 4.74 Å². The Morgan fingerprint density at radius 3 is 2.92 bits per heavy atom. The van der Waals surface area contributed by atoms with Crippen LogP contribution in [-0.4, -0.2) is 6.61 Å². The Bertz CT molecular complexity index is 305. The van der Waals surface area contributed by atoms with Crippen molar-refractivity contribution in [3.63, 3.8) is 0 Å². The van der Waals surface area contributed by atoms with Crippen molar-refractivity contribution < 1.29 is 4.74 Å². The van der Waals surface area contributed by atoms with Crippen molar-refractivity contribution in [3.8, 4) is 18.1 Å². The van der Waals surface area contributed by atoms with Crippen LogP contribution >= 0.6 is 11.6 Å². The molecule has 0 aliphatic heterocycles. The van der Waals surface area contributed by atoms with Crippen molar-refractivity contribution in [2.24, 2.45) is 0 Å². The van der Waals surface area contributed by atoms with Gasteiger partial charge in [0.2, 0.25) is 0 Å². The number of ether oxygens (including phenoxy) is 1. The first-order chi connectivity index (χ1) is 6.25. The summed E-state index contributed by atoms with van der Waals surface area (Å²) in [4.78, 5) is 0. The number of hydrogen-bond donors (Lipinski definition) is 0. The summed E-state index contributed by atoms with van der Waals surface area (Å²) < 4.78 is 5.43. The first-order valence-corrected chi connectivity index (χ1v) is 4.45. The molecule has 0 N–H and O–H groups in total. The molecule has 0 saturated heterocycles. The molecule has 0 spiro atoms. The number of rotatable bonds is 3. The maximum Gasteiger partial charge on any atom is 0.140 e. The first-order valence-electron chi connectivity index (χ1n) is 4.07. The molecule has 0 heterocycles. The van der Waals surface area contributed by atoms with Crippen molar-refractivity contribution in [1.82, 2.24) is 0 Å². The second-order valence-electron chi connectivity index (χ2n) is 2.69. The van der Waals surface area contributed by atoms with E-state index in [1.807, 2.05) is 19.1 Å². The van der Waals surface area contributed by atoms with E-state index in [4.69, 9.17) is 22.8 Å². The van der Waals surface area contributed by atoms with Gasteiger partial charge in [-0.15, -0.1) is 12.3 Å². The third-order valence-electron chi connectivity index (χ3n) is 1.66. The van der Waals surface area contributed by atoms with Crippen molar-refractivity contribution >= 4 is 11.6 Å². The van der Waals surface area contributed by atoms with E-state index in [2.05, 4.69) is 5.92 Å². The van der Waals surface area contributed by atoms with Crippen LogP contribution in [0.5, 0.6) is 5.75 Å². The van der Waals surface area contributed by atoms with E-state index in [9.17, 15) is 0 Å². The van der Waals surface area contributed by atoms with Gasteiger partial charge in [0.25, 0.3) is 0 Å². The third kappa shape index (κ3) is 2.68. The average molecular weight is 195 g/mol. The largest absolute Gasteiger partial charge is 0.491 e. The highest BCUT2D eigenvalue weighted by molar-refractivity contribution is 6.32. The molecule has 0 unspecified atom stereocenters. The molecule has 0 bridgehead atoms. The standard InChI is InChI=1S/C11H11ClO/c1-3-4-8-13-11-9(2)6-5-7-10(11)12/h1,5-7H,4,8H2,2H3. The number of terminal acetylenes is 1. The summed E-state index contributed by atoms with van der Waals surface area (Å²) in [5.74, 6) is 3.24. The zero-order valence-corrected chi connectivity index (χ0v) is 8.27. The predicted octanol–water partition coefficient (Wildman–Crippen LogP) is 3.05. The van der Waals surface area contributed by atoms with Gasteiger partial charge in [0.1, 0.15) is 5.75 Å². The van der Waals surface area contributed by atoms with E-state index in [1.54, 1.807) is 6.07 Å². The monoisotopic (exact) mass is 194 g/mol. The average Bonchev–Trinajstić information content (AvgIpc) is 2.10. The minimum Gasteiger partial charge on any atom is -0.491 e. The van der Waals surface area contributed by atoms with Crippen molar-refractivity contribution in [2.45, 2.75) is 13.3 Å². The summed E-state index contributed by atoms with van der Waals surface area (Å²) in [6.45, 7) is 2.47. The van der Waals surface area contributed by atoms with Crippen LogP contribution in [0.25, 0.3) is 0 Å². The van der Waals surface area contributed by atoms with Crippen LogP contribution in [0.2, 0.25) is 5.02 Å². The highest BCUT2D eigenvalue weighted by atomic mass is 35.5. The second kappa shape index (κ2) is 4.79. The molecular weight excluding hydrogens is 184 g/mol. The van der Waals surface area contributed by atoms with Gasteiger partial charge >= 0.3 is 0 Å². The molecule has 0 aliphatic carbocycles. The van der Waals surface area contributed by atoms with Crippen LogP contribution in [0.4, 0.5) is 0 Å². The van der Waals surface area contributed by atoms with Crippen LogP contribution in [0.3, 0.4) is 0 Å². The molecule has 0 radical (unpaired) electrons. The van der Waals surface area contributed by atoms with Gasteiger partial charge in [0, 0.05) is 6.42 Å². The molecule has 1 aromatic rings. The zero-order valence-electron chi connectivity index (χ0n) is 7.51. The van der Waals surface area contributed by atoms with Gasteiger partial charge in [-0.2, -0.15) is 0 Å². The highest BCUT2D eigenvalue weighted by Crippen LogP contribution is 2.27. The molecule has 1 rings (SSSR count). The Balaban J connectivity index is 2.71. The Kier molecular flexibility index (Phi) is 3.67. The summed E-state index contributed by atoms with van der Waals surface area (Å²) in [6, 6.07) is 5.66. The molecule has 0 amide bonds. The molecule has 2 heteroatoms. The van der Waals surface area contributed by atoms with Crippen molar-refractivity contribution in [1.29, 1.82) is 0 Å². The van der Waals surface area contributed by atoms with Crippen LogP contribution in [0.1, 0.15) is 12.0 Å². The summed E-state index contributed by atoms with van der Waals surface area (Å²) in [6.07, 6.45) is 5.71. The number of halogens is 1. The Labute approximate surface area is 83.7 Å². The zero-order chi connectivity index (χ0) is 9.68. The molecule has 13 heavy (non-hydrogen) atoms. The molecule has 0 fully saturated rings. The normalized spacial score (nSPS) is 9.31. The summed E-state index contributed by atoms with van der Waals surface area (Å²) >= 11 is 5.93. The van der Waals surface area contributed by atoms with Crippen LogP contribution in [0.15, 0.2) is 18.2 Å². The SMILES string of the molecule is C#CCCOc1c(C)cccc1Cl. The smallest absolute Gasteiger partial charge is 0.140 e.